The summed E-state index contributed by atoms with van der Waals surface area (Å²) in [5.74, 6) is -0.301. The smallest absolute Gasteiger partial charge is 0.250 e. The third-order valence-electron chi connectivity index (χ3n) is 4.32. The summed E-state index contributed by atoms with van der Waals surface area (Å²) in [4.78, 5) is 0. The van der Waals surface area contributed by atoms with E-state index in [9.17, 15) is 12.8 Å². The molecule has 0 unspecified atom stereocenters. The summed E-state index contributed by atoms with van der Waals surface area (Å²) in [6, 6.07) is 9.58. The number of sulfonamides is 1. The topological polar surface area (TPSA) is 55.4 Å². The highest BCUT2D eigenvalue weighted by Gasteiger charge is 2.36. The van der Waals surface area contributed by atoms with Gasteiger partial charge in [-0.25, -0.2) is 17.5 Å². The number of benzene rings is 1. The van der Waals surface area contributed by atoms with E-state index in [1.54, 1.807) is 24.3 Å². The summed E-state index contributed by atoms with van der Waals surface area (Å²) in [5, 5.41) is 0. The van der Waals surface area contributed by atoms with Gasteiger partial charge in [0.15, 0.2) is 0 Å². The van der Waals surface area contributed by atoms with Crippen LogP contribution in [-0.4, -0.2) is 28.2 Å². The van der Waals surface area contributed by atoms with Crippen molar-refractivity contribution >= 4 is 37.3 Å². The van der Waals surface area contributed by atoms with Gasteiger partial charge in [-0.05, 0) is 58.6 Å². The molecular weight excluding hydrogens is 417 g/mol. The number of nitrogens with one attached hydrogen (secondary N) is 1. The van der Waals surface area contributed by atoms with Gasteiger partial charge in [0.25, 0.3) is 0 Å². The zero-order chi connectivity index (χ0) is 17.2. The molecule has 0 aliphatic carbocycles. The average Bonchev–Trinajstić information content (AvgIpc) is 3.02. The van der Waals surface area contributed by atoms with Gasteiger partial charge in [-0.15, -0.1) is 11.3 Å². The van der Waals surface area contributed by atoms with Crippen molar-refractivity contribution in [2.75, 3.05) is 19.8 Å². The second-order valence-electron chi connectivity index (χ2n) is 5.78. The van der Waals surface area contributed by atoms with Gasteiger partial charge in [-0.2, -0.15) is 0 Å². The van der Waals surface area contributed by atoms with Gasteiger partial charge in [-0.1, -0.05) is 12.1 Å². The Hall–Kier alpha value is -0.800. The molecule has 24 heavy (non-hydrogen) atoms. The van der Waals surface area contributed by atoms with Crippen molar-refractivity contribution < 1.29 is 17.5 Å². The summed E-state index contributed by atoms with van der Waals surface area (Å²) in [5.41, 5.74) is 0.551. The van der Waals surface area contributed by atoms with Crippen LogP contribution in [0.1, 0.15) is 18.4 Å². The minimum Gasteiger partial charge on any atom is -0.381 e. The largest absolute Gasteiger partial charge is 0.381 e. The third kappa shape index (κ3) is 3.88. The number of halogens is 2. The van der Waals surface area contributed by atoms with E-state index in [4.69, 9.17) is 4.74 Å². The van der Waals surface area contributed by atoms with Crippen molar-refractivity contribution in [3.8, 4) is 0 Å². The van der Waals surface area contributed by atoms with E-state index in [0.29, 0.717) is 26.1 Å². The molecule has 1 aliphatic rings. The van der Waals surface area contributed by atoms with Crippen LogP contribution in [0, 0.1) is 5.82 Å². The Kier molecular flexibility index (Phi) is 5.41. The Bertz CT molecular complexity index is 799. The van der Waals surface area contributed by atoms with Gasteiger partial charge in [0.1, 0.15) is 10.0 Å². The standard InChI is InChI=1S/C16H17BrFNO3S2/c17-14-5-6-15(23-14)24(20,21)19-11-16(7-9-22-10-8-16)12-1-3-13(18)4-2-12/h1-6,19H,7-11H2. The number of thiophene rings is 1. The molecule has 1 fully saturated rings. The highest BCUT2D eigenvalue weighted by Crippen LogP contribution is 2.35. The molecule has 0 saturated carbocycles. The first kappa shape index (κ1) is 18.0. The maximum atomic E-state index is 13.2. The second kappa shape index (κ2) is 7.21. The lowest BCUT2D eigenvalue weighted by atomic mass is 9.74. The molecular formula is C16H17BrFNO3S2. The zero-order valence-corrected chi connectivity index (χ0v) is 16.0. The second-order valence-corrected chi connectivity index (χ2v) is 10.2. The number of hydrogen-bond donors (Lipinski definition) is 1. The van der Waals surface area contributed by atoms with Crippen molar-refractivity contribution in [3.63, 3.8) is 0 Å². The summed E-state index contributed by atoms with van der Waals surface area (Å²) in [6.45, 7) is 1.38. The molecule has 2 aromatic rings. The minimum absolute atomic E-state index is 0.264. The molecule has 1 saturated heterocycles. The van der Waals surface area contributed by atoms with Crippen LogP contribution in [0.15, 0.2) is 44.4 Å². The Balaban J connectivity index is 1.84. The average molecular weight is 434 g/mol. The lowest BCUT2D eigenvalue weighted by Gasteiger charge is -2.37. The van der Waals surface area contributed by atoms with E-state index >= 15 is 0 Å². The fraction of sp³-hybridized carbons (Fsp3) is 0.375. The Morgan fingerprint density at radius 1 is 1.17 bits per heavy atom. The molecule has 0 atom stereocenters. The van der Waals surface area contributed by atoms with Crippen molar-refractivity contribution in [3.05, 3.63) is 51.6 Å². The summed E-state index contributed by atoms with van der Waals surface area (Å²) in [6.07, 6.45) is 1.38. The van der Waals surface area contributed by atoms with Crippen molar-refractivity contribution in [2.45, 2.75) is 22.5 Å². The van der Waals surface area contributed by atoms with Crippen LogP contribution in [0.25, 0.3) is 0 Å². The number of ether oxygens (including phenoxy) is 1. The fourth-order valence-corrected chi connectivity index (χ4v) is 6.06. The summed E-state index contributed by atoms with van der Waals surface area (Å²) >= 11 is 4.45. The van der Waals surface area contributed by atoms with E-state index < -0.39 is 10.0 Å². The van der Waals surface area contributed by atoms with Crippen LogP contribution >= 0.6 is 27.3 Å². The summed E-state index contributed by atoms with van der Waals surface area (Å²) in [7, 11) is -3.57. The first-order chi connectivity index (χ1) is 11.4. The Morgan fingerprint density at radius 2 is 1.83 bits per heavy atom. The number of rotatable bonds is 5. The lowest BCUT2D eigenvalue weighted by molar-refractivity contribution is 0.0517. The first-order valence-corrected chi connectivity index (χ1v) is 10.6. The molecule has 1 aliphatic heterocycles. The van der Waals surface area contributed by atoms with Gasteiger partial charge < -0.3 is 4.74 Å². The quantitative estimate of drug-likeness (QED) is 0.782. The van der Waals surface area contributed by atoms with Crippen LogP contribution in [0.5, 0.6) is 0 Å². The molecule has 8 heteroatoms. The van der Waals surface area contributed by atoms with Crippen molar-refractivity contribution in [1.29, 1.82) is 0 Å². The SMILES string of the molecule is O=S(=O)(NCC1(c2ccc(F)cc2)CCOCC1)c1ccc(Br)s1. The van der Waals surface area contributed by atoms with Gasteiger partial charge in [0.05, 0.1) is 3.79 Å². The number of hydrogen-bond acceptors (Lipinski definition) is 4. The molecule has 2 heterocycles. The monoisotopic (exact) mass is 433 g/mol. The van der Waals surface area contributed by atoms with Gasteiger partial charge >= 0.3 is 0 Å². The van der Waals surface area contributed by atoms with Crippen molar-refractivity contribution in [1.82, 2.24) is 4.72 Å². The van der Waals surface area contributed by atoms with Crippen LogP contribution < -0.4 is 4.72 Å². The molecule has 1 aromatic carbocycles. The molecule has 3 rings (SSSR count). The lowest BCUT2D eigenvalue weighted by Crippen LogP contribution is -2.44. The molecule has 0 spiro atoms. The van der Waals surface area contributed by atoms with E-state index in [-0.39, 0.29) is 22.0 Å². The van der Waals surface area contributed by atoms with E-state index in [2.05, 4.69) is 20.7 Å². The normalized spacial score (nSPS) is 17.8. The van der Waals surface area contributed by atoms with Gasteiger partial charge in [0.2, 0.25) is 10.0 Å². The Morgan fingerprint density at radius 3 is 2.42 bits per heavy atom. The van der Waals surface area contributed by atoms with Crippen LogP contribution in [0.3, 0.4) is 0 Å². The molecule has 1 N–H and O–H groups in total. The molecule has 0 radical (unpaired) electrons. The van der Waals surface area contributed by atoms with Crippen LogP contribution in [0.2, 0.25) is 0 Å². The molecule has 1 aromatic heterocycles. The molecule has 0 amide bonds. The van der Waals surface area contributed by atoms with Gasteiger partial charge in [-0.3, -0.25) is 0 Å². The minimum atomic E-state index is -3.57. The van der Waals surface area contributed by atoms with E-state index in [0.717, 1.165) is 9.35 Å². The molecule has 0 bridgehead atoms. The third-order valence-corrected chi connectivity index (χ3v) is 7.84. The highest BCUT2D eigenvalue weighted by atomic mass is 79.9. The maximum Gasteiger partial charge on any atom is 0.250 e. The Labute approximate surface area is 153 Å². The predicted molar refractivity (Wildman–Crippen MR) is 95.3 cm³/mol. The first-order valence-electron chi connectivity index (χ1n) is 7.50. The van der Waals surface area contributed by atoms with Crippen LogP contribution in [0.4, 0.5) is 4.39 Å². The fourth-order valence-electron chi connectivity index (χ4n) is 2.88. The molecule has 4 nitrogen and oxygen atoms in total. The van der Waals surface area contributed by atoms with E-state index in [1.165, 1.54) is 23.5 Å². The van der Waals surface area contributed by atoms with E-state index in [1.807, 2.05) is 0 Å². The predicted octanol–water partition coefficient (Wildman–Crippen LogP) is 3.68. The van der Waals surface area contributed by atoms with Gasteiger partial charge in [0, 0.05) is 25.2 Å². The van der Waals surface area contributed by atoms with Crippen LogP contribution in [-0.2, 0) is 20.2 Å². The van der Waals surface area contributed by atoms with Crippen molar-refractivity contribution in [2.24, 2.45) is 0 Å². The highest BCUT2D eigenvalue weighted by molar-refractivity contribution is 9.11. The maximum absolute atomic E-state index is 13.2. The summed E-state index contributed by atoms with van der Waals surface area (Å²) < 4.78 is 47.4. The zero-order valence-electron chi connectivity index (χ0n) is 12.8. The molecule has 130 valence electrons.